The van der Waals surface area contributed by atoms with Crippen molar-refractivity contribution < 1.29 is 4.74 Å². The van der Waals surface area contributed by atoms with Gasteiger partial charge in [-0.3, -0.25) is 4.90 Å². The van der Waals surface area contributed by atoms with E-state index >= 15 is 0 Å². The van der Waals surface area contributed by atoms with Crippen molar-refractivity contribution in [3.05, 3.63) is 47.4 Å². The van der Waals surface area contributed by atoms with Gasteiger partial charge in [-0.2, -0.15) is 5.10 Å². The molecule has 6 heteroatoms. The maximum Gasteiger partial charge on any atom is 0.233 e. The number of aromatic amines is 1. The van der Waals surface area contributed by atoms with Gasteiger partial charge in [-0.25, -0.2) is 4.98 Å². The number of benzene rings is 1. The molecule has 2 aliphatic rings. The van der Waals surface area contributed by atoms with Crippen LogP contribution >= 0.6 is 0 Å². The van der Waals surface area contributed by atoms with Gasteiger partial charge in [0.05, 0.1) is 29.9 Å². The monoisotopic (exact) mass is 363 g/mol. The van der Waals surface area contributed by atoms with Crippen LogP contribution in [0.25, 0.3) is 11.0 Å². The molecule has 1 fully saturated rings. The minimum Gasteiger partial charge on any atom is -0.476 e. The first-order chi connectivity index (χ1) is 13.3. The van der Waals surface area contributed by atoms with E-state index in [1.807, 2.05) is 12.1 Å². The van der Waals surface area contributed by atoms with Crippen LogP contribution in [0.2, 0.25) is 0 Å². The Labute approximate surface area is 159 Å². The summed E-state index contributed by atoms with van der Waals surface area (Å²) in [6.45, 7) is 3.80. The fraction of sp³-hybridized carbons (Fsp3) is 0.476. The fourth-order valence-corrected chi connectivity index (χ4v) is 4.19. The van der Waals surface area contributed by atoms with Crippen LogP contribution in [0.1, 0.15) is 36.3 Å². The molecule has 6 nitrogen and oxygen atoms in total. The zero-order chi connectivity index (χ0) is 18.1. The summed E-state index contributed by atoms with van der Waals surface area (Å²) >= 11 is 0. The maximum absolute atomic E-state index is 5.95. The van der Waals surface area contributed by atoms with E-state index in [0.717, 1.165) is 74.5 Å². The van der Waals surface area contributed by atoms with Crippen molar-refractivity contribution in [3.8, 4) is 5.88 Å². The summed E-state index contributed by atoms with van der Waals surface area (Å²) < 4.78 is 5.95. The minimum absolute atomic E-state index is 0.590. The van der Waals surface area contributed by atoms with Crippen molar-refractivity contribution in [1.82, 2.24) is 25.1 Å². The Kier molecular flexibility index (Phi) is 4.49. The van der Waals surface area contributed by atoms with Gasteiger partial charge < -0.3 is 9.72 Å². The van der Waals surface area contributed by atoms with Gasteiger partial charge >= 0.3 is 0 Å². The highest BCUT2D eigenvalue weighted by Gasteiger charge is 2.21. The van der Waals surface area contributed by atoms with Gasteiger partial charge in [-0.1, -0.05) is 12.1 Å². The molecular weight excluding hydrogens is 338 g/mol. The minimum atomic E-state index is 0.590. The molecule has 0 atom stereocenters. The highest BCUT2D eigenvalue weighted by atomic mass is 16.5. The average Bonchev–Trinajstić information content (AvgIpc) is 3.33. The van der Waals surface area contributed by atoms with Crippen molar-refractivity contribution in [3.63, 3.8) is 0 Å². The van der Waals surface area contributed by atoms with Gasteiger partial charge in [-0.05, 0) is 68.8 Å². The Balaban J connectivity index is 1.11. The second-order valence-electron chi connectivity index (χ2n) is 7.74. The lowest BCUT2D eigenvalue weighted by atomic mass is 9.98. The Morgan fingerprint density at radius 3 is 2.89 bits per heavy atom. The summed E-state index contributed by atoms with van der Waals surface area (Å²) in [5, 5.41) is 8.54. The summed E-state index contributed by atoms with van der Waals surface area (Å²) in [5.74, 6) is 2.34. The fourth-order valence-electron chi connectivity index (χ4n) is 4.19. The Hall–Kier alpha value is -2.47. The second-order valence-corrected chi connectivity index (χ2v) is 7.74. The van der Waals surface area contributed by atoms with Crippen molar-refractivity contribution in [2.24, 2.45) is 5.92 Å². The number of fused-ring (bicyclic) bond motifs is 2. The molecule has 27 heavy (non-hydrogen) atoms. The molecule has 0 bridgehead atoms. The number of H-pyrrole nitrogens is 1. The average molecular weight is 363 g/mol. The molecule has 0 amide bonds. The third-order valence-electron chi connectivity index (χ3n) is 5.78. The number of rotatable bonds is 5. The van der Waals surface area contributed by atoms with E-state index in [1.165, 1.54) is 12.0 Å². The van der Waals surface area contributed by atoms with E-state index in [1.54, 1.807) is 0 Å². The molecule has 0 radical (unpaired) electrons. The molecule has 5 rings (SSSR count). The molecule has 1 saturated heterocycles. The summed E-state index contributed by atoms with van der Waals surface area (Å²) in [6.07, 6.45) is 5.67. The van der Waals surface area contributed by atoms with Crippen molar-refractivity contribution in [2.45, 2.75) is 38.6 Å². The molecule has 1 aliphatic heterocycles. The predicted molar refractivity (Wildman–Crippen MR) is 104 cm³/mol. The standard InChI is InChI=1S/C21H25N5O/c1-2-6-19-18(5-1)22-20(23-19)13-26-10-8-15(9-11-26)14-27-21-12-16-4-3-7-17(16)24-25-21/h1-2,5-6,12,15H,3-4,7-11,13-14H2,(H,22,23). The summed E-state index contributed by atoms with van der Waals surface area (Å²) in [6, 6.07) is 10.3. The number of ether oxygens (including phenoxy) is 1. The van der Waals surface area contributed by atoms with E-state index in [0.29, 0.717) is 11.8 Å². The number of imidazole rings is 1. The zero-order valence-electron chi connectivity index (χ0n) is 15.5. The van der Waals surface area contributed by atoms with Gasteiger partial charge in [-0.15, -0.1) is 5.10 Å². The lowest BCUT2D eigenvalue weighted by Crippen LogP contribution is -2.35. The van der Waals surface area contributed by atoms with Crippen molar-refractivity contribution in [1.29, 1.82) is 0 Å². The number of aryl methyl sites for hydroxylation is 2. The molecule has 3 heterocycles. The maximum atomic E-state index is 5.95. The lowest BCUT2D eigenvalue weighted by Gasteiger charge is -2.31. The van der Waals surface area contributed by atoms with Crippen LogP contribution in [0.3, 0.4) is 0 Å². The van der Waals surface area contributed by atoms with Gasteiger partial charge in [0.15, 0.2) is 0 Å². The van der Waals surface area contributed by atoms with Crippen molar-refractivity contribution in [2.75, 3.05) is 19.7 Å². The van der Waals surface area contributed by atoms with Gasteiger partial charge in [0.1, 0.15) is 5.82 Å². The number of nitrogens with zero attached hydrogens (tertiary/aromatic N) is 4. The van der Waals surface area contributed by atoms with Gasteiger partial charge in [0.2, 0.25) is 5.88 Å². The third kappa shape index (κ3) is 3.67. The number of hydrogen-bond donors (Lipinski definition) is 1. The summed E-state index contributed by atoms with van der Waals surface area (Å²) in [4.78, 5) is 10.6. The molecule has 0 unspecified atom stereocenters. The van der Waals surface area contributed by atoms with Crippen LogP contribution in [0, 0.1) is 5.92 Å². The number of hydrogen-bond acceptors (Lipinski definition) is 5. The summed E-state index contributed by atoms with van der Waals surface area (Å²) in [5.41, 5.74) is 4.64. The number of para-hydroxylation sites is 2. The van der Waals surface area contributed by atoms with Crippen LogP contribution in [-0.2, 0) is 19.4 Å². The molecule has 0 spiro atoms. The van der Waals surface area contributed by atoms with E-state index < -0.39 is 0 Å². The lowest BCUT2D eigenvalue weighted by molar-refractivity contribution is 0.132. The Morgan fingerprint density at radius 1 is 1.11 bits per heavy atom. The van der Waals surface area contributed by atoms with Gasteiger partial charge in [0.25, 0.3) is 0 Å². The molecule has 0 saturated carbocycles. The molecule has 140 valence electrons. The normalized spacial score (nSPS) is 18.1. The van der Waals surface area contributed by atoms with E-state index in [2.05, 4.69) is 38.3 Å². The third-order valence-corrected chi connectivity index (χ3v) is 5.78. The zero-order valence-corrected chi connectivity index (χ0v) is 15.5. The van der Waals surface area contributed by atoms with Crippen LogP contribution in [0.5, 0.6) is 5.88 Å². The van der Waals surface area contributed by atoms with Gasteiger partial charge in [0, 0.05) is 6.07 Å². The first-order valence-corrected chi connectivity index (χ1v) is 9.98. The second kappa shape index (κ2) is 7.27. The summed E-state index contributed by atoms with van der Waals surface area (Å²) in [7, 11) is 0. The molecule has 2 aromatic heterocycles. The SMILES string of the molecule is c1ccc2[nH]c(CN3CCC(COc4cc5c(nn4)CCC5)CC3)nc2c1. The first kappa shape index (κ1) is 16.7. The Bertz CT molecular complexity index is 896. The molecule has 1 aliphatic carbocycles. The molecule has 1 N–H and O–H groups in total. The van der Waals surface area contributed by atoms with Crippen LogP contribution in [-0.4, -0.2) is 44.8 Å². The van der Waals surface area contributed by atoms with Crippen LogP contribution < -0.4 is 4.74 Å². The quantitative estimate of drug-likeness (QED) is 0.754. The van der Waals surface area contributed by atoms with E-state index in [9.17, 15) is 0 Å². The Morgan fingerprint density at radius 2 is 2.00 bits per heavy atom. The topological polar surface area (TPSA) is 66.9 Å². The van der Waals surface area contributed by atoms with E-state index in [-0.39, 0.29) is 0 Å². The number of aromatic nitrogens is 4. The highest BCUT2D eigenvalue weighted by Crippen LogP contribution is 2.24. The van der Waals surface area contributed by atoms with E-state index in [4.69, 9.17) is 9.72 Å². The number of likely N-dealkylation sites (tertiary alicyclic amines) is 1. The molecule has 1 aromatic carbocycles. The smallest absolute Gasteiger partial charge is 0.233 e. The van der Waals surface area contributed by atoms with Crippen LogP contribution in [0.15, 0.2) is 30.3 Å². The largest absolute Gasteiger partial charge is 0.476 e. The molecule has 3 aromatic rings. The van der Waals surface area contributed by atoms with Crippen molar-refractivity contribution >= 4 is 11.0 Å². The number of piperidine rings is 1. The predicted octanol–water partition coefficient (Wildman–Crippen LogP) is 3.13. The first-order valence-electron chi connectivity index (χ1n) is 9.98. The molecular formula is C21H25N5O. The number of nitrogens with one attached hydrogen (secondary N) is 1. The van der Waals surface area contributed by atoms with Crippen LogP contribution in [0.4, 0.5) is 0 Å². The highest BCUT2D eigenvalue weighted by molar-refractivity contribution is 5.74.